The van der Waals surface area contributed by atoms with Gasteiger partial charge in [-0.15, -0.1) is 0 Å². The number of rotatable bonds is 7. The van der Waals surface area contributed by atoms with Crippen molar-refractivity contribution in [3.8, 4) is 0 Å². The molecular formula is C13H18ClN3O2. The molecule has 0 aliphatic heterocycles. The van der Waals surface area contributed by atoms with Crippen LogP contribution in [0.15, 0.2) is 29.0 Å². The van der Waals surface area contributed by atoms with Gasteiger partial charge in [-0.3, -0.25) is 4.68 Å². The van der Waals surface area contributed by atoms with Crippen molar-refractivity contribution >= 4 is 11.6 Å². The number of ether oxygens (including phenoxy) is 1. The summed E-state index contributed by atoms with van der Waals surface area (Å²) < 4.78 is 12.1. The molecule has 0 spiro atoms. The highest BCUT2D eigenvalue weighted by atomic mass is 35.5. The molecule has 6 heteroatoms. The fourth-order valence-electron chi connectivity index (χ4n) is 1.99. The SMILES string of the molecule is COCCn1ncc(Cl)c1C(N)CCc1ccco1. The van der Waals surface area contributed by atoms with Crippen LogP contribution in [-0.4, -0.2) is 23.5 Å². The van der Waals surface area contributed by atoms with E-state index in [2.05, 4.69) is 5.10 Å². The summed E-state index contributed by atoms with van der Waals surface area (Å²) in [5.41, 5.74) is 7.05. The van der Waals surface area contributed by atoms with E-state index < -0.39 is 0 Å². The van der Waals surface area contributed by atoms with Gasteiger partial charge < -0.3 is 14.9 Å². The molecule has 2 aromatic heterocycles. The second-order valence-corrected chi connectivity index (χ2v) is 4.73. The van der Waals surface area contributed by atoms with E-state index in [-0.39, 0.29) is 6.04 Å². The van der Waals surface area contributed by atoms with Gasteiger partial charge in [-0.2, -0.15) is 5.10 Å². The zero-order valence-electron chi connectivity index (χ0n) is 10.9. The first-order chi connectivity index (χ1) is 9.22. The number of hydrogen-bond donors (Lipinski definition) is 1. The molecule has 2 aromatic rings. The normalized spacial score (nSPS) is 12.8. The third-order valence-electron chi connectivity index (χ3n) is 2.97. The minimum Gasteiger partial charge on any atom is -0.469 e. The number of aryl methyl sites for hydroxylation is 1. The van der Waals surface area contributed by atoms with Gasteiger partial charge in [-0.25, -0.2) is 0 Å². The average Bonchev–Trinajstić information content (AvgIpc) is 3.03. The third-order valence-corrected chi connectivity index (χ3v) is 3.26. The molecule has 2 heterocycles. The molecule has 2 rings (SSSR count). The molecular weight excluding hydrogens is 266 g/mol. The summed E-state index contributed by atoms with van der Waals surface area (Å²) in [7, 11) is 1.65. The Morgan fingerprint density at radius 2 is 2.42 bits per heavy atom. The standard InChI is InChI=1S/C13H18ClN3O2/c1-18-8-6-17-13(11(14)9-16-17)12(15)5-4-10-3-2-7-19-10/h2-3,7,9,12H,4-6,8,15H2,1H3. The van der Waals surface area contributed by atoms with E-state index in [1.807, 2.05) is 12.1 Å². The Kier molecular flexibility index (Phi) is 5.01. The molecule has 0 saturated carbocycles. The third kappa shape index (κ3) is 3.59. The summed E-state index contributed by atoms with van der Waals surface area (Å²) in [4.78, 5) is 0. The number of methoxy groups -OCH3 is 1. The Morgan fingerprint density at radius 3 is 3.11 bits per heavy atom. The summed E-state index contributed by atoms with van der Waals surface area (Å²) >= 11 is 6.15. The second kappa shape index (κ2) is 6.75. The lowest BCUT2D eigenvalue weighted by Gasteiger charge is -2.14. The van der Waals surface area contributed by atoms with Gasteiger partial charge in [0, 0.05) is 19.6 Å². The van der Waals surface area contributed by atoms with Crippen molar-refractivity contribution in [2.24, 2.45) is 5.73 Å². The van der Waals surface area contributed by atoms with Crippen molar-refractivity contribution in [1.29, 1.82) is 0 Å². The zero-order chi connectivity index (χ0) is 13.7. The fraction of sp³-hybridized carbons (Fsp3) is 0.462. The molecule has 0 aromatic carbocycles. The van der Waals surface area contributed by atoms with Crippen LogP contribution in [0.3, 0.4) is 0 Å². The fourth-order valence-corrected chi connectivity index (χ4v) is 2.27. The molecule has 0 fully saturated rings. The lowest BCUT2D eigenvalue weighted by molar-refractivity contribution is 0.182. The number of aromatic nitrogens is 2. The lowest BCUT2D eigenvalue weighted by atomic mass is 10.1. The highest BCUT2D eigenvalue weighted by Gasteiger charge is 2.17. The first-order valence-electron chi connectivity index (χ1n) is 6.20. The molecule has 0 bridgehead atoms. The average molecular weight is 284 g/mol. The summed E-state index contributed by atoms with van der Waals surface area (Å²) in [6, 6.07) is 3.64. The van der Waals surface area contributed by atoms with Crippen LogP contribution in [0.25, 0.3) is 0 Å². The van der Waals surface area contributed by atoms with Gasteiger partial charge >= 0.3 is 0 Å². The molecule has 0 aliphatic carbocycles. The van der Waals surface area contributed by atoms with Gasteiger partial charge in [0.05, 0.1) is 36.3 Å². The van der Waals surface area contributed by atoms with Crippen LogP contribution in [0.1, 0.15) is 23.9 Å². The smallest absolute Gasteiger partial charge is 0.103 e. The Labute approximate surface area is 117 Å². The largest absolute Gasteiger partial charge is 0.469 e. The molecule has 19 heavy (non-hydrogen) atoms. The molecule has 0 aliphatic rings. The highest BCUT2D eigenvalue weighted by Crippen LogP contribution is 2.24. The lowest BCUT2D eigenvalue weighted by Crippen LogP contribution is -2.19. The van der Waals surface area contributed by atoms with Crippen molar-refractivity contribution in [3.05, 3.63) is 41.1 Å². The molecule has 0 radical (unpaired) electrons. The predicted octanol–water partition coefficient (Wildman–Crippen LogP) is 2.41. The van der Waals surface area contributed by atoms with Crippen LogP contribution in [0.5, 0.6) is 0 Å². The molecule has 5 nitrogen and oxygen atoms in total. The van der Waals surface area contributed by atoms with E-state index in [1.165, 1.54) is 0 Å². The summed E-state index contributed by atoms with van der Waals surface area (Å²) in [6.07, 6.45) is 4.82. The van der Waals surface area contributed by atoms with Crippen molar-refractivity contribution in [3.63, 3.8) is 0 Å². The topological polar surface area (TPSA) is 66.2 Å². The maximum absolute atomic E-state index is 6.20. The van der Waals surface area contributed by atoms with Gasteiger partial charge in [-0.1, -0.05) is 11.6 Å². The Bertz CT molecular complexity index is 496. The van der Waals surface area contributed by atoms with Crippen molar-refractivity contribution in [1.82, 2.24) is 9.78 Å². The quantitative estimate of drug-likeness (QED) is 0.847. The van der Waals surface area contributed by atoms with Crippen LogP contribution in [0, 0.1) is 0 Å². The maximum atomic E-state index is 6.20. The van der Waals surface area contributed by atoms with Gasteiger partial charge in [0.2, 0.25) is 0 Å². The predicted molar refractivity (Wildman–Crippen MR) is 73.1 cm³/mol. The Balaban J connectivity index is 2.01. The summed E-state index contributed by atoms with van der Waals surface area (Å²) in [5.74, 6) is 0.925. The summed E-state index contributed by atoms with van der Waals surface area (Å²) in [5, 5.41) is 4.82. The van der Waals surface area contributed by atoms with Gasteiger partial charge in [0.15, 0.2) is 0 Å². The Hall–Kier alpha value is -1.30. The first kappa shape index (κ1) is 14.1. The highest BCUT2D eigenvalue weighted by molar-refractivity contribution is 6.31. The summed E-state index contributed by atoms with van der Waals surface area (Å²) in [6.45, 7) is 1.23. The van der Waals surface area contributed by atoms with Crippen molar-refractivity contribution in [2.75, 3.05) is 13.7 Å². The number of halogens is 1. The van der Waals surface area contributed by atoms with Crippen LogP contribution < -0.4 is 5.73 Å². The van der Waals surface area contributed by atoms with E-state index in [1.54, 1.807) is 24.3 Å². The first-order valence-corrected chi connectivity index (χ1v) is 6.58. The molecule has 1 atom stereocenters. The van der Waals surface area contributed by atoms with Crippen molar-refractivity contribution in [2.45, 2.75) is 25.4 Å². The van der Waals surface area contributed by atoms with E-state index in [9.17, 15) is 0 Å². The minimum absolute atomic E-state index is 0.169. The van der Waals surface area contributed by atoms with E-state index in [4.69, 9.17) is 26.5 Å². The number of nitrogens with two attached hydrogens (primary N) is 1. The molecule has 0 amide bonds. The van der Waals surface area contributed by atoms with Crippen LogP contribution in [0.2, 0.25) is 5.02 Å². The van der Waals surface area contributed by atoms with E-state index >= 15 is 0 Å². The molecule has 2 N–H and O–H groups in total. The van der Waals surface area contributed by atoms with Gasteiger partial charge in [0.25, 0.3) is 0 Å². The molecule has 1 unspecified atom stereocenters. The number of furan rings is 1. The van der Waals surface area contributed by atoms with E-state index in [0.717, 1.165) is 24.3 Å². The maximum Gasteiger partial charge on any atom is 0.103 e. The second-order valence-electron chi connectivity index (χ2n) is 4.32. The van der Waals surface area contributed by atoms with Crippen molar-refractivity contribution < 1.29 is 9.15 Å². The number of nitrogens with zero attached hydrogens (tertiary/aromatic N) is 2. The van der Waals surface area contributed by atoms with Crippen LogP contribution in [-0.2, 0) is 17.7 Å². The van der Waals surface area contributed by atoms with Gasteiger partial charge in [-0.05, 0) is 18.6 Å². The molecule has 0 saturated heterocycles. The minimum atomic E-state index is -0.169. The van der Waals surface area contributed by atoms with E-state index in [0.29, 0.717) is 18.2 Å². The Morgan fingerprint density at radius 1 is 1.58 bits per heavy atom. The van der Waals surface area contributed by atoms with Gasteiger partial charge in [0.1, 0.15) is 5.76 Å². The molecule has 104 valence electrons. The van der Waals surface area contributed by atoms with Crippen LogP contribution in [0.4, 0.5) is 0 Å². The number of hydrogen-bond acceptors (Lipinski definition) is 4. The monoisotopic (exact) mass is 283 g/mol. The van der Waals surface area contributed by atoms with Crippen LogP contribution >= 0.6 is 11.6 Å². The zero-order valence-corrected chi connectivity index (χ0v) is 11.6.